The minimum Gasteiger partial charge on any atom is -0.457 e. The number of ether oxygens (including phenoxy) is 1. The molecule has 0 bridgehead atoms. The number of aliphatic imine (C=N–C) groups is 10. The van der Waals surface area contributed by atoms with Crippen LogP contribution in [0.25, 0.3) is 41.5 Å². The Labute approximate surface area is 622 Å². The van der Waals surface area contributed by atoms with E-state index in [1.54, 1.807) is 18.4 Å². The molecule has 0 saturated heterocycles. The fourth-order valence-corrected chi connectivity index (χ4v) is 9.63. The SMILES string of the molecule is C=Cc1ccc(C=Nc2ccc(-c3ccc(N=C)cc3)cc2)cc1.C=Cc1ccc(C=Nc2ccc(N=C)cc2)cc1.C=Cc1ccc(C=Nc2ccc(N=C)cc2C)cc1.C=Cc1ccc(C=Nc2ccc(N=C)cc2Cl)cc1.C=Cc1ccc(C=Nc2ccc(Oc3ccc(N=C)cc3)cc2)cc1. The van der Waals surface area contributed by atoms with Gasteiger partial charge in [-0.05, 0) is 246 Å². The third kappa shape index (κ3) is 25.7. The van der Waals surface area contributed by atoms with E-state index in [4.69, 9.17) is 16.3 Å². The molecule has 0 atom stereocenters. The van der Waals surface area contributed by atoms with Crippen molar-refractivity contribution >= 4 is 164 Å². The molecular weight excluding hydrogens is 1310 g/mol. The smallest absolute Gasteiger partial charge is 0.127 e. The molecule has 12 aromatic rings. The van der Waals surface area contributed by atoms with Crippen LogP contribution in [-0.4, -0.2) is 64.7 Å². The summed E-state index contributed by atoms with van der Waals surface area (Å²) in [4.78, 5) is 41.6. The van der Waals surface area contributed by atoms with Crippen LogP contribution in [0.4, 0.5) is 56.9 Å². The van der Waals surface area contributed by atoms with E-state index in [0.717, 1.165) is 135 Å². The van der Waals surface area contributed by atoms with E-state index < -0.39 is 0 Å². The molecule has 0 aliphatic heterocycles. The maximum Gasteiger partial charge on any atom is 0.127 e. The highest BCUT2D eigenvalue weighted by Gasteiger charge is 2.04. The van der Waals surface area contributed by atoms with Crippen molar-refractivity contribution in [2.75, 3.05) is 0 Å². The number of hydrogen-bond donors (Lipinski definition) is 0. The molecule has 0 heterocycles. The van der Waals surface area contributed by atoms with Crippen LogP contribution in [0.2, 0.25) is 5.02 Å². The molecule has 0 aliphatic carbocycles. The van der Waals surface area contributed by atoms with E-state index in [0.29, 0.717) is 10.7 Å². The van der Waals surface area contributed by atoms with Gasteiger partial charge >= 0.3 is 0 Å². The zero-order chi connectivity index (χ0) is 74.4. The molecule has 105 heavy (non-hydrogen) atoms. The van der Waals surface area contributed by atoms with Gasteiger partial charge in [-0.15, -0.1) is 0 Å². The summed E-state index contributed by atoms with van der Waals surface area (Å²) in [5.41, 5.74) is 22.6. The molecule has 0 aliphatic rings. The van der Waals surface area contributed by atoms with Gasteiger partial charge in [0, 0.05) is 31.1 Å². The minimum atomic E-state index is 0.559. The standard InChI is InChI=1S/C22H18N2O.C22H18N2.C17H16N2.C16H13ClN2.C16H14N2/c1-3-17-4-6-18(7-5-17)16-24-20-10-14-22(15-11-20)25-21-12-8-19(23-2)9-13-21;1-3-17-4-6-18(7-5-17)16-24-22-14-10-20(11-15-22)19-8-12-21(23-2)13-9-19;1-4-14-5-7-15(8-6-14)12-19-17-10-9-16(18-3)11-13(17)2;1-3-12-4-6-13(7-5-12)11-19-16-9-8-14(18-2)10-15(16)17;1-3-13-4-6-14(7-5-13)12-18-16-10-8-15(17-2)9-11-16/h3-16H,1-2H2;3-16H,1-2H2;4-12H,1,3H2,2H3;3-11H,1-2H2;3-12H,1-2H2. The second kappa shape index (κ2) is 41.6. The van der Waals surface area contributed by atoms with Crippen molar-refractivity contribution in [3.8, 4) is 22.6 Å². The lowest BCUT2D eigenvalue weighted by atomic mass is 10.1. The van der Waals surface area contributed by atoms with Crippen LogP contribution in [0.1, 0.15) is 61.2 Å². The van der Waals surface area contributed by atoms with Gasteiger partial charge in [0.25, 0.3) is 0 Å². The van der Waals surface area contributed by atoms with E-state index in [2.05, 4.69) is 129 Å². The topological polar surface area (TPSA) is 133 Å². The number of hydrogen-bond acceptors (Lipinski definition) is 11. The monoisotopic (exact) mass is 1390 g/mol. The summed E-state index contributed by atoms with van der Waals surface area (Å²) in [6, 6.07) is 90.3. The maximum absolute atomic E-state index is 6.11. The molecule has 0 N–H and O–H groups in total. The number of aryl methyl sites for hydroxylation is 1. The number of halogens is 1. The second-order valence-electron chi connectivity index (χ2n) is 22.7. The van der Waals surface area contributed by atoms with Crippen LogP contribution in [-0.2, 0) is 0 Å². The lowest BCUT2D eigenvalue weighted by Crippen LogP contribution is -1.83. The van der Waals surface area contributed by atoms with Gasteiger partial charge < -0.3 is 4.74 Å². The normalized spacial score (nSPS) is 10.6. The first-order valence-electron chi connectivity index (χ1n) is 33.1. The lowest BCUT2D eigenvalue weighted by Gasteiger charge is -2.06. The van der Waals surface area contributed by atoms with Crippen LogP contribution in [0.15, 0.2) is 362 Å². The summed E-state index contributed by atoms with van der Waals surface area (Å²) in [6.45, 7) is 38.2. The average Bonchev–Trinajstić information content (AvgIpc) is 0.988. The van der Waals surface area contributed by atoms with E-state index in [-0.39, 0.29) is 0 Å². The largest absolute Gasteiger partial charge is 0.457 e. The van der Waals surface area contributed by atoms with Crippen molar-refractivity contribution in [2.45, 2.75) is 6.92 Å². The zero-order valence-corrected chi connectivity index (χ0v) is 59.4. The molecule has 12 aromatic carbocycles. The van der Waals surface area contributed by atoms with Gasteiger partial charge in [-0.25, -0.2) is 0 Å². The van der Waals surface area contributed by atoms with Crippen molar-refractivity contribution in [1.82, 2.24) is 0 Å². The van der Waals surface area contributed by atoms with E-state index in [1.165, 1.54) is 0 Å². The van der Waals surface area contributed by atoms with Crippen molar-refractivity contribution in [3.05, 3.63) is 378 Å². The highest BCUT2D eigenvalue weighted by Crippen LogP contribution is 2.31. The summed E-state index contributed by atoms with van der Waals surface area (Å²) >= 11 is 6.11. The Balaban J connectivity index is 0.000000167. The molecule has 11 nitrogen and oxygen atoms in total. The molecular formula is C93H79ClN10O. The van der Waals surface area contributed by atoms with Crippen molar-refractivity contribution in [1.29, 1.82) is 0 Å². The number of benzene rings is 12. The Kier molecular flexibility index (Phi) is 30.5. The van der Waals surface area contributed by atoms with Gasteiger partial charge in [0.05, 0.1) is 61.9 Å². The first kappa shape index (κ1) is 76.9. The number of nitrogens with zero attached hydrogens (tertiary/aromatic N) is 10. The van der Waals surface area contributed by atoms with Crippen LogP contribution < -0.4 is 4.74 Å². The Hall–Kier alpha value is -13.9. The predicted octanol–water partition coefficient (Wildman–Crippen LogP) is 26.5. The Morgan fingerprint density at radius 2 is 0.476 bits per heavy atom. The van der Waals surface area contributed by atoms with Gasteiger partial charge in [-0.2, -0.15) is 0 Å². The molecule has 0 unspecified atom stereocenters. The van der Waals surface area contributed by atoms with Crippen LogP contribution in [0.3, 0.4) is 0 Å². The second-order valence-corrected chi connectivity index (χ2v) is 23.1. The molecule has 0 fully saturated rings. The summed E-state index contributed by atoms with van der Waals surface area (Å²) in [5.74, 6) is 1.51. The third-order valence-corrected chi connectivity index (χ3v) is 15.8. The van der Waals surface area contributed by atoms with Gasteiger partial charge in [0.2, 0.25) is 0 Å². The summed E-state index contributed by atoms with van der Waals surface area (Å²) in [7, 11) is 0. The third-order valence-electron chi connectivity index (χ3n) is 15.5. The minimum absolute atomic E-state index is 0.559. The summed E-state index contributed by atoms with van der Waals surface area (Å²) in [5, 5.41) is 0.559. The summed E-state index contributed by atoms with van der Waals surface area (Å²) < 4.78 is 5.80. The van der Waals surface area contributed by atoms with E-state index >= 15 is 0 Å². The Morgan fingerprint density at radius 1 is 0.248 bits per heavy atom. The van der Waals surface area contributed by atoms with Crippen molar-refractivity contribution < 1.29 is 4.74 Å². The molecule has 12 rings (SSSR count). The van der Waals surface area contributed by atoms with Crippen LogP contribution >= 0.6 is 11.6 Å². The molecule has 12 heteroatoms. The van der Waals surface area contributed by atoms with Crippen molar-refractivity contribution in [3.63, 3.8) is 0 Å². The Bertz CT molecular complexity index is 4870. The van der Waals surface area contributed by atoms with Gasteiger partial charge in [-0.1, -0.05) is 220 Å². The maximum atomic E-state index is 6.11. The van der Waals surface area contributed by atoms with E-state index in [1.807, 2.05) is 317 Å². The molecule has 0 saturated carbocycles. The van der Waals surface area contributed by atoms with Crippen LogP contribution in [0.5, 0.6) is 11.5 Å². The van der Waals surface area contributed by atoms with Gasteiger partial charge in [0.15, 0.2) is 0 Å². The van der Waals surface area contributed by atoms with Crippen LogP contribution in [0, 0.1) is 6.92 Å². The molecule has 0 radical (unpaired) electrons. The fraction of sp³-hybridized carbons (Fsp3) is 0.0108. The highest BCUT2D eigenvalue weighted by molar-refractivity contribution is 6.33. The van der Waals surface area contributed by atoms with Gasteiger partial charge in [0.1, 0.15) is 11.5 Å². The van der Waals surface area contributed by atoms with Crippen molar-refractivity contribution in [2.24, 2.45) is 49.9 Å². The molecule has 514 valence electrons. The first-order chi connectivity index (χ1) is 51.3. The fourth-order valence-electron chi connectivity index (χ4n) is 9.41. The molecule has 0 spiro atoms. The van der Waals surface area contributed by atoms with E-state index in [9.17, 15) is 0 Å². The quantitative estimate of drug-likeness (QED) is 0.0580. The highest BCUT2D eigenvalue weighted by atomic mass is 35.5. The molecule has 0 aromatic heterocycles. The summed E-state index contributed by atoms with van der Waals surface area (Å²) in [6.07, 6.45) is 18.3. The molecule has 0 amide bonds. The lowest BCUT2D eigenvalue weighted by molar-refractivity contribution is 0.483. The number of rotatable bonds is 23. The Morgan fingerprint density at radius 3 is 0.771 bits per heavy atom. The average molecular weight is 1390 g/mol. The zero-order valence-electron chi connectivity index (χ0n) is 58.7. The first-order valence-corrected chi connectivity index (χ1v) is 33.5. The predicted molar refractivity (Wildman–Crippen MR) is 459 cm³/mol. The van der Waals surface area contributed by atoms with Gasteiger partial charge in [-0.3, -0.25) is 49.9 Å².